The summed E-state index contributed by atoms with van der Waals surface area (Å²) in [7, 11) is -0.518. The largest absolute Gasteiger partial charge is 0.414 e. The van der Waals surface area contributed by atoms with E-state index >= 15 is 0 Å². The van der Waals surface area contributed by atoms with Crippen molar-refractivity contribution in [1.29, 1.82) is 0 Å². The van der Waals surface area contributed by atoms with E-state index in [0.29, 0.717) is 6.10 Å². The Morgan fingerprint density at radius 3 is 2.10 bits per heavy atom. The Kier molecular flexibility index (Phi) is 5.00. The van der Waals surface area contributed by atoms with Crippen molar-refractivity contribution in [3.63, 3.8) is 0 Å². The van der Waals surface area contributed by atoms with E-state index in [9.17, 15) is 0 Å². The highest BCUT2D eigenvalue weighted by atomic mass is 28.3. The van der Waals surface area contributed by atoms with Crippen LogP contribution in [0.2, 0.25) is 12.1 Å². The van der Waals surface area contributed by atoms with Gasteiger partial charge in [-0.15, -0.1) is 0 Å². The van der Waals surface area contributed by atoms with E-state index in [1.165, 1.54) is 6.42 Å². The van der Waals surface area contributed by atoms with Gasteiger partial charge in [-0.1, -0.05) is 20.3 Å². The zero-order valence-corrected chi connectivity index (χ0v) is 8.77. The predicted molar refractivity (Wildman–Crippen MR) is 47.6 cm³/mol. The molecule has 0 aliphatic carbocycles. The first-order chi connectivity index (χ1) is 4.57. The highest BCUT2D eigenvalue weighted by molar-refractivity contribution is 6.51. The van der Waals surface area contributed by atoms with Crippen LogP contribution in [-0.2, 0) is 4.43 Å². The van der Waals surface area contributed by atoms with E-state index in [1.54, 1.807) is 0 Å². The van der Waals surface area contributed by atoms with E-state index in [-0.39, 0.29) is 0 Å². The molecule has 0 aromatic carbocycles. The summed E-state index contributed by atoms with van der Waals surface area (Å²) in [5, 5.41) is 0. The number of rotatable bonds is 4. The van der Waals surface area contributed by atoms with Crippen molar-refractivity contribution in [3.05, 3.63) is 0 Å². The molecule has 0 rings (SSSR count). The van der Waals surface area contributed by atoms with Crippen LogP contribution in [0.4, 0.5) is 0 Å². The topological polar surface area (TPSA) is 9.23 Å². The summed E-state index contributed by atoms with van der Waals surface area (Å²) in [4.78, 5) is 0. The highest BCUT2D eigenvalue weighted by Crippen LogP contribution is 2.15. The first-order valence-corrected chi connectivity index (χ1v) is 6.06. The zero-order valence-electron chi connectivity index (χ0n) is 7.77. The van der Waals surface area contributed by atoms with Crippen LogP contribution in [0.25, 0.3) is 0 Å². The van der Waals surface area contributed by atoms with Crippen LogP contribution in [0.5, 0.6) is 0 Å². The van der Waals surface area contributed by atoms with E-state index in [4.69, 9.17) is 4.43 Å². The zero-order chi connectivity index (χ0) is 8.15. The normalized spacial score (nSPS) is 14.7. The molecule has 10 heavy (non-hydrogen) atoms. The van der Waals surface area contributed by atoms with Gasteiger partial charge in [0.05, 0.1) is 0 Å². The van der Waals surface area contributed by atoms with Gasteiger partial charge in [0.15, 0.2) is 0 Å². The Morgan fingerprint density at radius 2 is 1.80 bits per heavy atom. The monoisotopic (exact) mass is 159 g/mol. The Labute approximate surface area is 66.5 Å². The van der Waals surface area contributed by atoms with Gasteiger partial charge in [0, 0.05) is 6.10 Å². The second-order valence-corrected chi connectivity index (χ2v) is 5.53. The van der Waals surface area contributed by atoms with Gasteiger partial charge in [-0.05, 0) is 25.9 Å². The average molecular weight is 159 g/mol. The molecule has 0 fully saturated rings. The number of hydrogen-bond acceptors (Lipinski definition) is 1. The summed E-state index contributed by atoms with van der Waals surface area (Å²) in [6, 6.07) is 0. The maximum Gasteiger partial charge on any atom is 0.211 e. The molecule has 0 bridgehead atoms. The van der Waals surface area contributed by atoms with Gasteiger partial charge < -0.3 is 4.43 Å². The van der Waals surface area contributed by atoms with E-state index < -0.39 is 9.04 Å². The minimum absolute atomic E-state index is 0.410. The summed E-state index contributed by atoms with van der Waals surface area (Å²) in [5.74, 6) is 0. The highest BCUT2D eigenvalue weighted by Gasteiger charge is 2.14. The lowest BCUT2D eigenvalue weighted by molar-refractivity contribution is 0.239. The van der Waals surface area contributed by atoms with E-state index in [1.807, 2.05) is 0 Å². The molecule has 0 aromatic heterocycles. The molecular weight excluding hydrogens is 140 g/mol. The van der Waals surface area contributed by atoms with Gasteiger partial charge in [0.2, 0.25) is 9.04 Å². The first-order valence-electron chi connectivity index (χ1n) is 4.08. The second kappa shape index (κ2) is 4.91. The molecule has 0 aliphatic rings. The Bertz CT molecular complexity index is 83.3. The summed E-state index contributed by atoms with van der Waals surface area (Å²) in [6.45, 7) is 11.0. The molecule has 1 nitrogen and oxygen atoms in total. The second-order valence-electron chi connectivity index (χ2n) is 3.09. The third-order valence-electron chi connectivity index (χ3n) is 1.73. The fourth-order valence-corrected chi connectivity index (χ4v) is 2.33. The molecule has 0 N–H and O–H groups in total. The van der Waals surface area contributed by atoms with Crippen LogP contribution in [-0.4, -0.2) is 15.1 Å². The van der Waals surface area contributed by atoms with Gasteiger partial charge in [0.1, 0.15) is 0 Å². The van der Waals surface area contributed by atoms with Crippen LogP contribution < -0.4 is 0 Å². The van der Waals surface area contributed by atoms with Crippen molar-refractivity contribution >= 4 is 9.04 Å². The van der Waals surface area contributed by atoms with Crippen LogP contribution in [0, 0.1) is 0 Å². The van der Waals surface area contributed by atoms with Crippen LogP contribution >= 0.6 is 0 Å². The summed E-state index contributed by atoms with van der Waals surface area (Å²) in [6.07, 6.45) is 1.66. The average Bonchev–Trinajstić information content (AvgIpc) is 1.85. The summed E-state index contributed by atoms with van der Waals surface area (Å²) < 4.78 is 5.70. The molecule has 1 radical (unpaired) electrons. The van der Waals surface area contributed by atoms with E-state index in [0.717, 1.165) is 5.54 Å². The molecule has 0 amide bonds. The molecule has 0 aromatic rings. The van der Waals surface area contributed by atoms with Gasteiger partial charge in [0.25, 0.3) is 0 Å². The van der Waals surface area contributed by atoms with Crippen molar-refractivity contribution in [3.8, 4) is 0 Å². The van der Waals surface area contributed by atoms with Crippen molar-refractivity contribution in [2.75, 3.05) is 0 Å². The fourth-order valence-electron chi connectivity index (χ4n) is 0.775. The van der Waals surface area contributed by atoms with Gasteiger partial charge in [-0.2, -0.15) is 0 Å². The molecule has 0 spiro atoms. The third-order valence-corrected chi connectivity index (χ3v) is 4.37. The van der Waals surface area contributed by atoms with Gasteiger partial charge in [-0.3, -0.25) is 0 Å². The quantitative estimate of drug-likeness (QED) is 0.573. The lowest BCUT2D eigenvalue weighted by Crippen LogP contribution is -2.22. The molecule has 0 saturated heterocycles. The Hall–Kier alpha value is 0.177. The fraction of sp³-hybridized carbons (Fsp3) is 1.00. The molecule has 0 saturated carbocycles. The standard InChI is InChI=1S/C8H19OSi/c1-6-8(4)10(5)9-7(2)3/h7-8H,6H2,1-5H3. The van der Waals surface area contributed by atoms with Crippen molar-refractivity contribution in [2.45, 2.75) is 52.3 Å². The molecular formula is C8H19OSi. The summed E-state index contributed by atoms with van der Waals surface area (Å²) in [5.41, 5.74) is 0.785. The maximum absolute atomic E-state index is 5.70. The van der Waals surface area contributed by atoms with Crippen molar-refractivity contribution in [1.82, 2.24) is 0 Å². The molecule has 0 aliphatic heterocycles. The van der Waals surface area contributed by atoms with Crippen LogP contribution in [0.1, 0.15) is 34.1 Å². The van der Waals surface area contributed by atoms with E-state index in [2.05, 4.69) is 34.2 Å². The molecule has 61 valence electrons. The third kappa shape index (κ3) is 4.07. The number of hydrogen-bond donors (Lipinski definition) is 0. The molecule has 0 heterocycles. The SMILES string of the molecule is CCC(C)[Si](C)OC(C)C. The molecule has 1 atom stereocenters. The van der Waals surface area contributed by atoms with Crippen molar-refractivity contribution < 1.29 is 4.43 Å². The van der Waals surface area contributed by atoms with Gasteiger partial charge >= 0.3 is 0 Å². The first kappa shape index (κ1) is 10.2. The molecule has 1 unspecified atom stereocenters. The predicted octanol–water partition coefficient (Wildman–Crippen LogP) is 2.83. The Balaban J connectivity index is 3.50. The summed E-state index contributed by atoms with van der Waals surface area (Å²) >= 11 is 0. The minimum Gasteiger partial charge on any atom is -0.414 e. The van der Waals surface area contributed by atoms with Crippen LogP contribution in [0.3, 0.4) is 0 Å². The van der Waals surface area contributed by atoms with Crippen LogP contribution in [0.15, 0.2) is 0 Å². The van der Waals surface area contributed by atoms with Gasteiger partial charge in [-0.25, -0.2) is 0 Å². The van der Waals surface area contributed by atoms with Crippen molar-refractivity contribution in [2.24, 2.45) is 0 Å². The Morgan fingerprint density at radius 1 is 1.30 bits per heavy atom. The smallest absolute Gasteiger partial charge is 0.211 e. The minimum atomic E-state index is -0.518. The maximum atomic E-state index is 5.70. The lowest BCUT2D eigenvalue weighted by Gasteiger charge is -2.18. The molecule has 2 heteroatoms. The lowest BCUT2D eigenvalue weighted by atomic mass is 10.4.